The van der Waals surface area contributed by atoms with Gasteiger partial charge in [-0.25, -0.2) is 17.5 Å². The molecule has 1 aliphatic heterocycles. The molecule has 0 spiro atoms. The van der Waals surface area contributed by atoms with Crippen molar-refractivity contribution in [2.24, 2.45) is 0 Å². The van der Waals surface area contributed by atoms with E-state index in [-0.39, 0.29) is 37.0 Å². The van der Waals surface area contributed by atoms with Crippen LogP contribution in [0.5, 0.6) is 0 Å². The molecule has 0 atom stereocenters. The summed E-state index contributed by atoms with van der Waals surface area (Å²) in [5, 5.41) is 4.25. The zero-order valence-electron chi connectivity index (χ0n) is 16.4. The van der Waals surface area contributed by atoms with Crippen molar-refractivity contribution in [3.05, 3.63) is 77.9 Å². The van der Waals surface area contributed by atoms with Crippen LogP contribution in [0.25, 0.3) is 5.69 Å². The molecule has 7 nitrogen and oxygen atoms in total. The Morgan fingerprint density at radius 3 is 2.23 bits per heavy atom. The summed E-state index contributed by atoms with van der Waals surface area (Å²) in [5.74, 6) is -0.940. The van der Waals surface area contributed by atoms with E-state index in [9.17, 15) is 17.6 Å². The van der Waals surface area contributed by atoms with Crippen LogP contribution in [-0.4, -0.2) is 59.5 Å². The maximum absolute atomic E-state index is 13.9. The molecule has 2 heterocycles. The maximum Gasteiger partial charge on any atom is 0.253 e. The summed E-state index contributed by atoms with van der Waals surface area (Å²) < 4.78 is 42.4. The third-order valence-corrected chi connectivity index (χ3v) is 7.10. The summed E-state index contributed by atoms with van der Waals surface area (Å²) in [5.41, 5.74) is 2.37. The highest BCUT2D eigenvalue weighted by molar-refractivity contribution is 7.89. The lowest BCUT2D eigenvalue weighted by Crippen LogP contribution is -2.50. The largest absolute Gasteiger partial charge is 0.336 e. The summed E-state index contributed by atoms with van der Waals surface area (Å²) in [6.45, 7) is 2.67. The number of piperazine rings is 1. The van der Waals surface area contributed by atoms with Gasteiger partial charge in [0, 0.05) is 43.6 Å². The summed E-state index contributed by atoms with van der Waals surface area (Å²) in [7, 11) is -3.93. The Morgan fingerprint density at radius 2 is 1.63 bits per heavy atom. The van der Waals surface area contributed by atoms with Crippen LogP contribution < -0.4 is 0 Å². The first kappa shape index (κ1) is 20.2. The van der Waals surface area contributed by atoms with Gasteiger partial charge in [-0.2, -0.15) is 9.40 Å². The minimum atomic E-state index is -3.93. The Labute approximate surface area is 174 Å². The van der Waals surface area contributed by atoms with Gasteiger partial charge in [-0.1, -0.05) is 12.1 Å². The Balaban J connectivity index is 1.43. The SMILES string of the molecule is Cc1ccnn1-c1ccc(C(=O)N2CCN(S(=O)(=O)c3ccccc3F)CC2)cc1. The number of halogens is 1. The van der Waals surface area contributed by atoms with Gasteiger partial charge >= 0.3 is 0 Å². The lowest BCUT2D eigenvalue weighted by molar-refractivity contribution is 0.0697. The van der Waals surface area contributed by atoms with Crippen molar-refractivity contribution in [1.82, 2.24) is 19.0 Å². The highest BCUT2D eigenvalue weighted by atomic mass is 32.2. The first-order chi connectivity index (χ1) is 14.4. The minimum absolute atomic E-state index is 0.118. The minimum Gasteiger partial charge on any atom is -0.336 e. The fourth-order valence-corrected chi connectivity index (χ4v) is 4.98. The normalized spacial score (nSPS) is 15.3. The molecule has 1 aromatic heterocycles. The molecule has 0 N–H and O–H groups in total. The quantitative estimate of drug-likeness (QED) is 0.640. The molecule has 0 radical (unpaired) electrons. The van der Waals surface area contributed by atoms with Crippen LogP contribution in [0, 0.1) is 12.7 Å². The predicted octanol–water partition coefficient (Wildman–Crippen LogP) is 2.47. The van der Waals surface area contributed by atoms with Gasteiger partial charge < -0.3 is 4.90 Å². The number of amides is 1. The number of aryl methyl sites for hydroxylation is 1. The number of rotatable bonds is 4. The van der Waals surface area contributed by atoms with Gasteiger partial charge in [-0.3, -0.25) is 4.79 Å². The second-order valence-electron chi connectivity index (χ2n) is 7.06. The van der Waals surface area contributed by atoms with Gasteiger partial charge in [0.15, 0.2) is 0 Å². The van der Waals surface area contributed by atoms with E-state index in [1.54, 1.807) is 27.9 Å². The maximum atomic E-state index is 13.9. The number of hydrogen-bond donors (Lipinski definition) is 0. The van der Waals surface area contributed by atoms with E-state index in [4.69, 9.17) is 0 Å². The van der Waals surface area contributed by atoms with Crippen molar-refractivity contribution in [3.8, 4) is 5.69 Å². The van der Waals surface area contributed by atoms with Gasteiger partial charge in [-0.05, 0) is 49.4 Å². The van der Waals surface area contributed by atoms with E-state index in [0.717, 1.165) is 17.4 Å². The zero-order valence-corrected chi connectivity index (χ0v) is 17.2. The number of carbonyl (C=O) groups is 1. The van der Waals surface area contributed by atoms with Crippen LogP contribution in [0.1, 0.15) is 16.1 Å². The molecule has 3 aromatic rings. The molecular formula is C21H21FN4O3S. The number of hydrogen-bond acceptors (Lipinski definition) is 4. The first-order valence-corrected chi connectivity index (χ1v) is 11.0. The van der Waals surface area contributed by atoms with E-state index in [1.807, 2.05) is 25.1 Å². The molecule has 4 rings (SSSR count). The topological polar surface area (TPSA) is 75.5 Å². The molecule has 2 aromatic carbocycles. The second-order valence-corrected chi connectivity index (χ2v) is 8.96. The number of benzene rings is 2. The third kappa shape index (κ3) is 3.73. The molecule has 30 heavy (non-hydrogen) atoms. The monoisotopic (exact) mass is 428 g/mol. The van der Waals surface area contributed by atoms with Crippen LogP contribution in [0.15, 0.2) is 65.7 Å². The van der Waals surface area contributed by atoms with Crippen molar-refractivity contribution in [1.29, 1.82) is 0 Å². The van der Waals surface area contributed by atoms with E-state index in [0.29, 0.717) is 5.56 Å². The van der Waals surface area contributed by atoms with Crippen molar-refractivity contribution in [3.63, 3.8) is 0 Å². The van der Waals surface area contributed by atoms with Gasteiger partial charge in [-0.15, -0.1) is 0 Å². The van der Waals surface area contributed by atoms with E-state index in [2.05, 4.69) is 5.10 Å². The van der Waals surface area contributed by atoms with Gasteiger partial charge in [0.05, 0.1) is 5.69 Å². The highest BCUT2D eigenvalue weighted by Crippen LogP contribution is 2.21. The molecule has 0 unspecified atom stereocenters. The van der Waals surface area contributed by atoms with Crippen LogP contribution in [0.4, 0.5) is 4.39 Å². The lowest BCUT2D eigenvalue weighted by Gasteiger charge is -2.34. The Kier molecular flexibility index (Phi) is 5.40. The summed E-state index contributed by atoms with van der Waals surface area (Å²) in [6.07, 6.45) is 1.71. The van der Waals surface area contributed by atoms with E-state index < -0.39 is 15.8 Å². The molecule has 9 heteroatoms. The Hall–Kier alpha value is -3.04. The molecule has 1 fully saturated rings. The summed E-state index contributed by atoms with van der Waals surface area (Å²) in [6, 6.07) is 14.3. The van der Waals surface area contributed by atoms with E-state index >= 15 is 0 Å². The number of aromatic nitrogens is 2. The van der Waals surface area contributed by atoms with Crippen molar-refractivity contribution in [2.75, 3.05) is 26.2 Å². The molecular weight excluding hydrogens is 407 g/mol. The van der Waals surface area contributed by atoms with Crippen molar-refractivity contribution < 1.29 is 17.6 Å². The van der Waals surface area contributed by atoms with Gasteiger partial charge in [0.25, 0.3) is 5.91 Å². The number of nitrogens with zero attached hydrogens (tertiary/aromatic N) is 4. The third-order valence-electron chi connectivity index (χ3n) is 5.17. The lowest BCUT2D eigenvalue weighted by atomic mass is 10.1. The van der Waals surface area contributed by atoms with Crippen LogP contribution in [-0.2, 0) is 10.0 Å². The second kappa shape index (κ2) is 8.00. The molecule has 0 bridgehead atoms. The summed E-state index contributed by atoms with van der Waals surface area (Å²) >= 11 is 0. The average Bonchev–Trinajstić information content (AvgIpc) is 3.19. The highest BCUT2D eigenvalue weighted by Gasteiger charge is 2.32. The predicted molar refractivity (Wildman–Crippen MR) is 109 cm³/mol. The zero-order chi connectivity index (χ0) is 21.3. The average molecular weight is 428 g/mol. The standard InChI is InChI=1S/C21H21FN4O3S/c1-16-10-11-23-26(16)18-8-6-17(7-9-18)21(27)24-12-14-25(15-13-24)30(28,29)20-5-3-2-4-19(20)22/h2-11H,12-15H2,1H3. The van der Waals surface area contributed by atoms with Crippen LogP contribution in [0.3, 0.4) is 0 Å². The number of carbonyl (C=O) groups excluding carboxylic acids is 1. The fraction of sp³-hybridized carbons (Fsp3) is 0.238. The molecule has 1 aliphatic rings. The Morgan fingerprint density at radius 1 is 0.967 bits per heavy atom. The molecule has 1 saturated heterocycles. The van der Waals surface area contributed by atoms with E-state index in [1.165, 1.54) is 22.5 Å². The first-order valence-electron chi connectivity index (χ1n) is 9.53. The van der Waals surface area contributed by atoms with Crippen LogP contribution >= 0.6 is 0 Å². The number of sulfonamides is 1. The van der Waals surface area contributed by atoms with Crippen molar-refractivity contribution in [2.45, 2.75) is 11.8 Å². The Bertz CT molecular complexity index is 1170. The van der Waals surface area contributed by atoms with Crippen molar-refractivity contribution >= 4 is 15.9 Å². The van der Waals surface area contributed by atoms with Crippen LogP contribution in [0.2, 0.25) is 0 Å². The summed E-state index contributed by atoms with van der Waals surface area (Å²) in [4.78, 5) is 14.1. The molecule has 0 saturated carbocycles. The molecule has 1 amide bonds. The fourth-order valence-electron chi connectivity index (χ4n) is 3.49. The smallest absolute Gasteiger partial charge is 0.253 e. The van der Waals surface area contributed by atoms with Gasteiger partial charge in [0.1, 0.15) is 10.7 Å². The molecule has 0 aliphatic carbocycles. The van der Waals surface area contributed by atoms with Gasteiger partial charge in [0.2, 0.25) is 10.0 Å². The molecule has 156 valence electrons.